The van der Waals surface area contributed by atoms with Crippen molar-refractivity contribution in [2.24, 2.45) is 16.6 Å². The Morgan fingerprint density at radius 3 is 2.71 bits per heavy atom. The van der Waals surface area contributed by atoms with E-state index >= 15 is 0 Å². The minimum absolute atomic E-state index is 0.194. The minimum Gasteiger partial charge on any atom is -0.480 e. The molecule has 7 nitrogen and oxygen atoms in total. The Labute approximate surface area is 81.7 Å². The van der Waals surface area contributed by atoms with Gasteiger partial charge in [-0.05, 0) is 25.3 Å². The van der Waals surface area contributed by atoms with Gasteiger partial charge in [-0.25, -0.2) is 0 Å². The van der Waals surface area contributed by atoms with E-state index in [9.17, 15) is 4.79 Å². The molecule has 0 aliphatic rings. The molecule has 0 aliphatic heterocycles. The molecule has 0 amide bonds. The highest BCUT2D eigenvalue weighted by Crippen LogP contribution is 2.12. The van der Waals surface area contributed by atoms with E-state index in [1.165, 1.54) is 6.92 Å². The van der Waals surface area contributed by atoms with E-state index in [4.69, 9.17) is 22.1 Å². The third-order valence-corrected chi connectivity index (χ3v) is 1.97. The van der Waals surface area contributed by atoms with Crippen LogP contribution in [-0.4, -0.2) is 29.2 Å². The van der Waals surface area contributed by atoms with Gasteiger partial charge in [-0.1, -0.05) is 5.11 Å². The SMILES string of the molecule is C[C@@](N)(CCC(CN)N=[N+]=[N-])C(=O)O. The van der Waals surface area contributed by atoms with Crippen molar-refractivity contribution >= 4 is 5.97 Å². The van der Waals surface area contributed by atoms with Crippen LogP contribution in [0.1, 0.15) is 19.8 Å². The molecule has 0 aliphatic carbocycles. The number of carboxylic acids is 1. The summed E-state index contributed by atoms with van der Waals surface area (Å²) in [6.45, 7) is 1.61. The molecular weight excluding hydrogens is 186 g/mol. The van der Waals surface area contributed by atoms with Gasteiger partial charge in [-0.3, -0.25) is 4.79 Å². The van der Waals surface area contributed by atoms with Gasteiger partial charge >= 0.3 is 5.97 Å². The van der Waals surface area contributed by atoms with Gasteiger partial charge in [0.15, 0.2) is 0 Å². The van der Waals surface area contributed by atoms with Crippen molar-refractivity contribution in [3.8, 4) is 0 Å². The largest absolute Gasteiger partial charge is 0.480 e. The summed E-state index contributed by atoms with van der Waals surface area (Å²) < 4.78 is 0. The first-order valence-corrected chi connectivity index (χ1v) is 4.20. The summed E-state index contributed by atoms with van der Waals surface area (Å²) in [4.78, 5) is 13.2. The molecule has 0 aromatic heterocycles. The van der Waals surface area contributed by atoms with E-state index in [1.807, 2.05) is 0 Å². The zero-order chi connectivity index (χ0) is 11.2. The fourth-order valence-electron chi connectivity index (χ4n) is 0.869. The van der Waals surface area contributed by atoms with E-state index in [-0.39, 0.29) is 19.0 Å². The number of hydrogen-bond donors (Lipinski definition) is 3. The maximum atomic E-state index is 10.6. The van der Waals surface area contributed by atoms with Gasteiger partial charge in [0, 0.05) is 17.5 Å². The summed E-state index contributed by atoms with van der Waals surface area (Å²) in [5, 5.41) is 12.1. The lowest BCUT2D eigenvalue weighted by atomic mass is 9.95. The summed E-state index contributed by atoms with van der Waals surface area (Å²) in [5.41, 5.74) is 17.7. The van der Waals surface area contributed by atoms with Crippen LogP contribution in [-0.2, 0) is 4.79 Å². The summed E-state index contributed by atoms with van der Waals surface area (Å²) >= 11 is 0. The predicted molar refractivity (Wildman–Crippen MR) is 51.5 cm³/mol. The Morgan fingerprint density at radius 1 is 1.79 bits per heavy atom. The van der Waals surface area contributed by atoms with Crippen LogP contribution in [0.4, 0.5) is 0 Å². The molecule has 2 atom stereocenters. The molecule has 0 saturated carbocycles. The second kappa shape index (κ2) is 5.43. The van der Waals surface area contributed by atoms with Crippen LogP contribution in [0, 0.1) is 0 Å². The fraction of sp³-hybridized carbons (Fsp3) is 0.857. The number of nitrogens with zero attached hydrogens (tertiary/aromatic N) is 3. The van der Waals surface area contributed by atoms with Crippen LogP contribution in [0.25, 0.3) is 10.4 Å². The molecule has 0 aromatic carbocycles. The second-order valence-corrected chi connectivity index (χ2v) is 3.36. The highest BCUT2D eigenvalue weighted by Gasteiger charge is 2.28. The highest BCUT2D eigenvalue weighted by atomic mass is 16.4. The first kappa shape index (κ1) is 12.7. The second-order valence-electron chi connectivity index (χ2n) is 3.36. The van der Waals surface area contributed by atoms with E-state index in [2.05, 4.69) is 10.0 Å². The molecule has 7 heteroatoms. The van der Waals surface area contributed by atoms with E-state index in [0.717, 1.165) is 0 Å². The summed E-state index contributed by atoms with van der Waals surface area (Å²) in [7, 11) is 0. The minimum atomic E-state index is -1.29. The van der Waals surface area contributed by atoms with Gasteiger partial charge in [0.25, 0.3) is 0 Å². The summed E-state index contributed by atoms with van der Waals surface area (Å²) in [5.74, 6) is -1.07. The number of aliphatic carboxylic acids is 1. The van der Waals surface area contributed by atoms with E-state index in [0.29, 0.717) is 6.42 Å². The molecule has 0 heterocycles. The average Bonchev–Trinajstić information content (AvgIpc) is 2.12. The number of nitrogens with two attached hydrogens (primary N) is 2. The van der Waals surface area contributed by atoms with Crippen LogP contribution in [0.2, 0.25) is 0 Å². The molecule has 14 heavy (non-hydrogen) atoms. The first-order chi connectivity index (χ1) is 6.44. The Kier molecular flexibility index (Phi) is 4.93. The van der Waals surface area contributed by atoms with Crippen molar-refractivity contribution < 1.29 is 9.90 Å². The molecule has 80 valence electrons. The van der Waals surface area contributed by atoms with Gasteiger partial charge in [0.2, 0.25) is 0 Å². The number of carboxylic acid groups (broad SMARTS) is 1. The topological polar surface area (TPSA) is 138 Å². The fourth-order valence-corrected chi connectivity index (χ4v) is 0.869. The predicted octanol–water partition coefficient (Wildman–Crippen LogP) is 0.206. The molecule has 0 rings (SSSR count). The van der Waals surface area contributed by atoms with Crippen molar-refractivity contribution in [1.29, 1.82) is 0 Å². The normalized spacial score (nSPS) is 16.5. The third kappa shape index (κ3) is 4.08. The van der Waals surface area contributed by atoms with E-state index < -0.39 is 11.5 Å². The number of rotatable bonds is 6. The maximum absolute atomic E-state index is 10.6. The van der Waals surface area contributed by atoms with Crippen LogP contribution < -0.4 is 11.5 Å². The van der Waals surface area contributed by atoms with Gasteiger partial charge in [0.05, 0.1) is 0 Å². The molecule has 0 radical (unpaired) electrons. The average molecular weight is 201 g/mol. The van der Waals surface area contributed by atoms with Crippen molar-refractivity contribution in [3.63, 3.8) is 0 Å². The Balaban J connectivity index is 4.15. The van der Waals surface area contributed by atoms with E-state index in [1.54, 1.807) is 0 Å². The molecule has 1 unspecified atom stereocenters. The highest BCUT2D eigenvalue weighted by molar-refractivity contribution is 5.77. The van der Waals surface area contributed by atoms with Gasteiger partial charge in [-0.15, -0.1) is 0 Å². The zero-order valence-electron chi connectivity index (χ0n) is 8.05. The molecular formula is C7H15N5O2. The van der Waals surface area contributed by atoms with Crippen LogP contribution in [0.15, 0.2) is 5.11 Å². The molecule has 0 saturated heterocycles. The van der Waals surface area contributed by atoms with Crippen molar-refractivity contribution in [2.75, 3.05) is 6.54 Å². The Bertz CT molecular complexity index is 246. The van der Waals surface area contributed by atoms with Crippen molar-refractivity contribution in [2.45, 2.75) is 31.3 Å². The molecule has 0 bridgehead atoms. The zero-order valence-corrected chi connectivity index (χ0v) is 8.05. The monoisotopic (exact) mass is 201 g/mol. The third-order valence-electron chi connectivity index (χ3n) is 1.97. The smallest absolute Gasteiger partial charge is 0.323 e. The molecule has 5 N–H and O–H groups in total. The lowest BCUT2D eigenvalue weighted by Gasteiger charge is -2.20. The number of carbonyl (C=O) groups is 1. The quantitative estimate of drug-likeness (QED) is 0.321. The first-order valence-electron chi connectivity index (χ1n) is 4.20. The molecule has 0 spiro atoms. The Morgan fingerprint density at radius 2 is 2.36 bits per heavy atom. The Hall–Kier alpha value is -1.30. The maximum Gasteiger partial charge on any atom is 0.323 e. The number of hydrogen-bond acceptors (Lipinski definition) is 4. The summed E-state index contributed by atoms with van der Waals surface area (Å²) in [6.07, 6.45) is 0.600. The van der Waals surface area contributed by atoms with Gasteiger partial charge in [0.1, 0.15) is 5.54 Å². The van der Waals surface area contributed by atoms with Crippen LogP contribution >= 0.6 is 0 Å². The lowest BCUT2D eigenvalue weighted by Crippen LogP contribution is -2.45. The lowest BCUT2D eigenvalue weighted by molar-refractivity contribution is -0.142. The van der Waals surface area contributed by atoms with Crippen LogP contribution in [0.5, 0.6) is 0 Å². The van der Waals surface area contributed by atoms with Gasteiger partial charge in [-0.2, -0.15) is 0 Å². The van der Waals surface area contributed by atoms with Crippen molar-refractivity contribution in [1.82, 2.24) is 0 Å². The molecule has 0 aromatic rings. The van der Waals surface area contributed by atoms with Gasteiger partial charge < -0.3 is 16.6 Å². The van der Waals surface area contributed by atoms with Crippen LogP contribution in [0.3, 0.4) is 0 Å². The molecule has 0 fully saturated rings. The van der Waals surface area contributed by atoms with Crippen molar-refractivity contribution in [3.05, 3.63) is 10.4 Å². The number of azide groups is 1. The summed E-state index contributed by atoms with van der Waals surface area (Å²) in [6, 6.07) is -0.387. The standard InChI is InChI=1S/C7H15N5O2/c1-7(9,6(13)14)3-2-5(4-8)11-12-10/h5H,2-4,8-9H2,1H3,(H,13,14)/t5?,7-/m1/s1.